The summed E-state index contributed by atoms with van der Waals surface area (Å²) in [5.41, 5.74) is 0.868. The van der Waals surface area contributed by atoms with Crippen molar-refractivity contribution in [3.8, 4) is 11.6 Å². The molecule has 2 aromatic rings. The maximum Gasteiger partial charge on any atom is 0.273 e. The van der Waals surface area contributed by atoms with E-state index in [-0.39, 0.29) is 16.5 Å². The predicted octanol–water partition coefficient (Wildman–Crippen LogP) is 4.51. The number of hydrogen-bond donors (Lipinski definition) is 0. The molecule has 0 fully saturated rings. The van der Waals surface area contributed by atoms with Gasteiger partial charge < -0.3 is 4.74 Å². The van der Waals surface area contributed by atoms with Crippen molar-refractivity contribution in [1.29, 1.82) is 0 Å². The molecule has 0 spiro atoms. The number of non-ortho nitro benzene ring substituents is 1. The number of halogens is 2. The van der Waals surface area contributed by atoms with Gasteiger partial charge in [-0.05, 0) is 40.5 Å². The second-order valence-electron chi connectivity index (χ2n) is 3.77. The average molecular weight is 344 g/mol. The monoisotopic (exact) mass is 342 g/mol. The van der Waals surface area contributed by atoms with Gasteiger partial charge in [-0.15, -0.1) is 0 Å². The molecular weight excluding hydrogens is 335 g/mol. The molecule has 1 heterocycles. The number of nitrogens with zero attached hydrogens (tertiary/aromatic N) is 2. The van der Waals surface area contributed by atoms with E-state index in [1.54, 1.807) is 6.20 Å². The van der Waals surface area contributed by atoms with E-state index in [0.717, 1.165) is 5.56 Å². The van der Waals surface area contributed by atoms with Crippen LogP contribution in [0.5, 0.6) is 11.6 Å². The third kappa shape index (κ3) is 3.21. The van der Waals surface area contributed by atoms with Gasteiger partial charge in [0.1, 0.15) is 0 Å². The van der Waals surface area contributed by atoms with Gasteiger partial charge in [-0.2, -0.15) is 0 Å². The quantitative estimate of drug-likeness (QED) is 0.607. The summed E-state index contributed by atoms with van der Waals surface area (Å²) in [5, 5.41) is 11.0. The van der Waals surface area contributed by atoms with Gasteiger partial charge in [0.25, 0.3) is 5.69 Å². The van der Waals surface area contributed by atoms with Crippen LogP contribution in [0.15, 0.2) is 34.9 Å². The molecule has 2 rings (SSSR count). The van der Waals surface area contributed by atoms with Crippen molar-refractivity contribution in [3.63, 3.8) is 0 Å². The Morgan fingerprint density at radius 2 is 2.16 bits per heavy atom. The first kappa shape index (κ1) is 13.8. The smallest absolute Gasteiger partial charge is 0.273 e. The fourth-order valence-corrected chi connectivity index (χ4v) is 2.08. The Balaban J connectivity index is 2.37. The summed E-state index contributed by atoms with van der Waals surface area (Å²) in [6.07, 6.45) is 1.63. The maximum absolute atomic E-state index is 10.7. The zero-order valence-electron chi connectivity index (χ0n) is 9.76. The highest BCUT2D eigenvalue weighted by atomic mass is 79.9. The number of ether oxygens (including phenoxy) is 1. The molecule has 0 aliphatic rings. The van der Waals surface area contributed by atoms with Gasteiger partial charge >= 0.3 is 0 Å². The summed E-state index contributed by atoms with van der Waals surface area (Å²) in [4.78, 5) is 14.3. The highest BCUT2D eigenvalue weighted by molar-refractivity contribution is 9.10. The topological polar surface area (TPSA) is 65.3 Å². The molecule has 0 bridgehead atoms. The zero-order chi connectivity index (χ0) is 14.0. The van der Waals surface area contributed by atoms with Crippen LogP contribution >= 0.6 is 27.5 Å². The fourth-order valence-electron chi connectivity index (χ4n) is 1.38. The van der Waals surface area contributed by atoms with Gasteiger partial charge in [-0.3, -0.25) is 10.1 Å². The lowest BCUT2D eigenvalue weighted by Crippen LogP contribution is -1.93. The first-order valence-corrected chi connectivity index (χ1v) is 6.38. The molecule has 0 atom stereocenters. The Morgan fingerprint density at radius 1 is 1.42 bits per heavy atom. The molecule has 0 saturated carbocycles. The molecule has 19 heavy (non-hydrogen) atoms. The van der Waals surface area contributed by atoms with Crippen LogP contribution in [0.4, 0.5) is 5.69 Å². The lowest BCUT2D eigenvalue weighted by Gasteiger charge is -2.08. The molecule has 98 valence electrons. The Bertz CT molecular complexity index is 649. The highest BCUT2D eigenvalue weighted by Crippen LogP contribution is 2.34. The van der Waals surface area contributed by atoms with E-state index in [0.29, 0.717) is 10.4 Å². The minimum atomic E-state index is -0.513. The first-order chi connectivity index (χ1) is 8.97. The van der Waals surface area contributed by atoms with Crippen LogP contribution < -0.4 is 4.74 Å². The Labute approximate surface area is 122 Å². The van der Waals surface area contributed by atoms with E-state index in [9.17, 15) is 10.1 Å². The largest absolute Gasteiger partial charge is 0.436 e. The second kappa shape index (κ2) is 5.54. The summed E-state index contributed by atoms with van der Waals surface area (Å²) in [6, 6.07) is 5.81. The SMILES string of the molecule is Cc1cnc(Oc2cc([N+](=O)[O-])ccc2Cl)c(Br)c1. The number of hydrogen-bond acceptors (Lipinski definition) is 4. The normalized spacial score (nSPS) is 10.3. The Kier molecular flexibility index (Phi) is 4.01. The van der Waals surface area contributed by atoms with E-state index in [1.807, 2.05) is 13.0 Å². The van der Waals surface area contributed by atoms with E-state index in [4.69, 9.17) is 16.3 Å². The van der Waals surface area contributed by atoms with Gasteiger partial charge in [0.05, 0.1) is 20.5 Å². The van der Waals surface area contributed by atoms with E-state index >= 15 is 0 Å². The zero-order valence-corrected chi connectivity index (χ0v) is 12.1. The number of aromatic nitrogens is 1. The number of benzene rings is 1. The molecule has 1 aromatic heterocycles. The van der Waals surface area contributed by atoms with E-state index < -0.39 is 4.92 Å². The van der Waals surface area contributed by atoms with Crippen molar-refractivity contribution in [2.45, 2.75) is 6.92 Å². The van der Waals surface area contributed by atoms with Crippen molar-refractivity contribution in [2.24, 2.45) is 0 Å². The predicted molar refractivity (Wildman–Crippen MR) is 74.9 cm³/mol. The summed E-state index contributed by atoms with van der Waals surface area (Å²) in [5.74, 6) is 0.487. The molecule has 0 N–H and O–H groups in total. The molecule has 1 aromatic carbocycles. The van der Waals surface area contributed by atoms with Crippen molar-refractivity contribution < 1.29 is 9.66 Å². The number of pyridine rings is 1. The summed E-state index contributed by atoms with van der Waals surface area (Å²) in [6.45, 7) is 1.89. The molecule has 0 radical (unpaired) electrons. The van der Waals surface area contributed by atoms with Crippen LogP contribution in [0.3, 0.4) is 0 Å². The summed E-state index contributed by atoms with van der Waals surface area (Å²) < 4.78 is 6.14. The van der Waals surface area contributed by atoms with Crippen molar-refractivity contribution in [3.05, 3.63) is 55.6 Å². The molecule has 0 unspecified atom stereocenters. The highest BCUT2D eigenvalue weighted by Gasteiger charge is 2.13. The minimum Gasteiger partial charge on any atom is -0.436 e. The molecule has 0 aliphatic heterocycles. The molecule has 7 heteroatoms. The first-order valence-electron chi connectivity index (χ1n) is 5.21. The van der Waals surface area contributed by atoms with Gasteiger partial charge in [0.2, 0.25) is 5.88 Å². The fraction of sp³-hybridized carbons (Fsp3) is 0.0833. The van der Waals surface area contributed by atoms with Crippen molar-refractivity contribution >= 4 is 33.2 Å². The van der Waals surface area contributed by atoms with Gasteiger partial charge in [-0.25, -0.2) is 4.98 Å². The average Bonchev–Trinajstić information content (AvgIpc) is 2.34. The van der Waals surface area contributed by atoms with Crippen molar-refractivity contribution in [1.82, 2.24) is 4.98 Å². The lowest BCUT2D eigenvalue weighted by molar-refractivity contribution is -0.384. The third-order valence-corrected chi connectivity index (χ3v) is 3.16. The Hall–Kier alpha value is -1.66. The molecule has 0 saturated heterocycles. The Morgan fingerprint density at radius 3 is 2.79 bits per heavy atom. The van der Waals surface area contributed by atoms with Gasteiger partial charge in [-0.1, -0.05) is 11.6 Å². The van der Waals surface area contributed by atoms with Crippen LogP contribution in [0.2, 0.25) is 5.02 Å². The number of aryl methyl sites for hydroxylation is 1. The van der Waals surface area contributed by atoms with E-state index in [2.05, 4.69) is 20.9 Å². The van der Waals surface area contributed by atoms with Crippen LogP contribution in [0.1, 0.15) is 5.56 Å². The maximum atomic E-state index is 10.7. The standard InChI is InChI=1S/C12H8BrClN2O3/c1-7-4-9(13)12(15-6-7)19-11-5-8(16(17)18)2-3-10(11)14/h2-6H,1H3. The third-order valence-electron chi connectivity index (χ3n) is 2.28. The molecule has 0 aliphatic carbocycles. The summed E-state index contributed by atoms with van der Waals surface area (Å²) in [7, 11) is 0. The number of rotatable bonds is 3. The van der Waals surface area contributed by atoms with Crippen LogP contribution in [-0.2, 0) is 0 Å². The lowest BCUT2D eigenvalue weighted by atomic mass is 10.3. The van der Waals surface area contributed by atoms with Crippen LogP contribution in [0, 0.1) is 17.0 Å². The molecule has 5 nitrogen and oxygen atoms in total. The van der Waals surface area contributed by atoms with Crippen LogP contribution in [0.25, 0.3) is 0 Å². The van der Waals surface area contributed by atoms with Crippen LogP contribution in [-0.4, -0.2) is 9.91 Å². The molecular formula is C12H8BrClN2O3. The van der Waals surface area contributed by atoms with Gasteiger partial charge in [0.15, 0.2) is 5.75 Å². The number of nitro groups is 1. The second-order valence-corrected chi connectivity index (χ2v) is 5.04. The minimum absolute atomic E-state index is 0.0948. The summed E-state index contributed by atoms with van der Waals surface area (Å²) >= 11 is 9.26. The van der Waals surface area contributed by atoms with Crippen molar-refractivity contribution in [2.75, 3.05) is 0 Å². The van der Waals surface area contributed by atoms with Gasteiger partial charge in [0, 0.05) is 12.3 Å². The van der Waals surface area contributed by atoms with E-state index in [1.165, 1.54) is 18.2 Å². The number of nitro benzene ring substituents is 1. The molecule has 0 amide bonds.